The van der Waals surface area contributed by atoms with Crippen molar-refractivity contribution in [2.75, 3.05) is 5.32 Å². The molecule has 3 aromatic carbocycles. The highest BCUT2D eigenvalue weighted by molar-refractivity contribution is 5.95. The molecule has 0 aliphatic rings. The predicted octanol–water partition coefficient (Wildman–Crippen LogP) is 6.20. The minimum atomic E-state index is -0.536. The Labute approximate surface area is 173 Å². The third-order valence-electron chi connectivity index (χ3n) is 4.78. The lowest BCUT2D eigenvalue weighted by Gasteiger charge is -2.12. The summed E-state index contributed by atoms with van der Waals surface area (Å²) in [6.07, 6.45) is 1.25. The number of ether oxygens (including phenoxy) is 1. The minimum absolute atomic E-state index is 0.0696. The first-order valence-electron chi connectivity index (χ1n) is 9.55. The fraction of sp³-hybridized carbons (Fsp3) is 0.130. The second-order valence-electron chi connectivity index (χ2n) is 7.11. The van der Waals surface area contributed by atoms with Crippen molar-refractivity contribution in [2.24, 2.45) is 0 Å². The van der Waals surface area contributed by atoms with Crippen molar-refractivity contribution in [1.29, 1.82) is 0 Å². The van der Waals surface area contributed by atoms with Gasteiger partial charge in [0.15, 0.2) is 0 Å². The van der Waals surface area contributed by atoms with E-state index < -0.39 is 4.92 Å². The molecular weight excluding hydrogens is 380 g/mol. The van der Waals surface area contributed by atoms with Gasteiger partial charge in [-0.15, -0.1) is 0 Å². The van der Waals surface area contributed by atoms with Crippen LogP contribution in [-0.4, -0.2) is 14.9 Å². The Morgan fingerprint density at radius 1 is 0.967 bits per heavy atom. The lowest BCUT2D eigenvalue weighted by molar-refractivity contribution is -0.385. The molecule has 7 heteroatoms. The number of hydrogen-bond acceptors (Lipinski definition) is 6. The molecule has 0 unspecified atom stereocenters. The van der Waals surface area contributed by atoms with Crippen LogP contribution < -0.4 is 10.1 Å². The van der Waals surface area contributed by atoms with E-state index >= 15 is 0 Å². The minimum Gasteiger partial charge on any atom is -0.434 e. The van der Waals surface area contributed by atoms with E-state index in [1.165, 1.54) is 6.33 Å². The SMILES string of the molecule is CC(C)c1ccc(Oc2ncnc(Nc3cccc4ccccc34)c2[N+](=O)[O-])cc1. The first-order valence-corrected chi connectivity index (χ1v) is 9.55. The Balaban J connectivity index is 1.70. The van der Waals surface area contributed by atoms with Gasteiger partial charge in [0.2, 0.25) is 5.82 Å². The third-order valence-corrected chi connectivity index (χ3v) is 4.78. The molecule has 7 nitrogen and oxygen atoms in total. The maximum Gasteiger partial charge on any atom is 0.373 e. The molecule has 0 amide bonds. The molecule has 0 fully saturated rings. The van der Waals surface area contributed by atoms with Crippen molar-refractivity contribution in [3.8, 4) is 11.6 Å². The van der Waals surface area contributed by atoms with Crippen LogP contribution in [0.3, 0.4) is 0 Å². The van der Waals surface area contributed by atoms with Crippen LogP contribution in [0.1, 0.15) is 25.3 Å². The van der Waals surface area contributed by atoms with E-state index in [1.54, 1.807) is 12.1 Å². The van der Waals surface area contributed by atoms with Gasteiger partial charge in [-0.3, -0.25) is 10.1 Å². The van der Waals surface area contributed by atoms with Crippen LogP contribution in [0.25, 0.3) is 10.8 Å². The zero-order valence-corrected chi connectivity index (χ0v) is 16.6. The van der Waals surface area contributed by atoms with Gasteiger partial charge in [-0.05, 0) is 35.1 Å². The number of nitro groups is 1. The number of hydrogen-bond donors (Lipinski definition) is 1. The highest BCUT2D eigenvalue weighted by Crippen LogP contribution is 2.37. The lowest BCUT2D eigenvalue weighted by atomic mass is 10.0. The van der Waals surface area contributed by atoms with E-state index in [4.69, 9.17) is 4.74 Å². The lowest BCUT2D eigenvalue weighted by Crippen LogP contribution is -2.04. The standard InChI is InChI=1S/C23H20N4O3/c1-15(2)16-10-12-18(13-11-16)30-23-21(27(28)29)22(24-14-25-23)26-20-9-5-7-17-6-3-4-8-19(17)20/h3-15H,1-2H3,(H,24,25,26). The molecule has 0 spiro atoms. The van der Waals surface area contributed by atoms with Gasteiger partial charge in [0.05, 0.1) is 4.92 Å². The van der Waals surface area contributed by atoms with Gasteiger partial charge >= 0.3 is 11.6 Å². The molecule has 4 rings (SSSR count). The topological polar surface area (TPSA) is 90.2 Å². The average Bonchev–Trinajstić information content (AvgIpc) is 2.74. The van der Waals surface area contributed by atoms with Crippen LogP contribution in [0, 0.1) is 10.1 Å². The van der Waals surface area contributed by atoms with E-state index in [-0.39, 0.29) is 17.4 Å². The van der Waals surface area contributed by atoms with E-state index in [2.05, 4.69) is 29.1 Å². The molecule has 0 saturated heterocycles. The number of fused-ring (bicyclic) bond motifs is 1. The summed E-state index contributed by atoms with van der Waals surface area (Å²) >= 11 is 0. The van der Waals surface area contributed by atoms with Gasteiger partial charge in [0.1, 0.15) is 12.1 Å². The second kappa shape index (κ2) is 8.16. The second-order valence-corrected chi connectivity index (χ2v) is 7.11. The van der Waals surface area contributed by atoms with Crippen LogP contribution in [0.2, 0.25) is 0 Å². The molecule has 0 saturated carbocycles. The van der Waals surface area contributed by atoms with Crippen molar-refractivity contribution in [3.05, 3.63) is 88.7 Å². The van der Waals surface area contributed by atoms with Crippen LogP contribution in [0.4, 0.5) is 17.2 Å². The summed E-state index contributed by atoms with van der Waals surface area (Å²) in [6.45, 7) is 4.19. The van der Waals surface area contributed by atoms with Crippen molar-refractivity contribution < 1.29 is 9.66 Å². The molecule has 1 aromatic heterocycles. The number of aromatic nitrogens is 2. The van der Waals surface area contributed by atoms with E-state index in [0.717, 1.165) is 16.3 Å². The zero-order valence-electron chi connectivity index (χ0n) is 16.6. The summed E-state index contributed by atoms with van der Waals surface area (Å²) in [4.78, 5) is 19.4. The maximum absolute atomic E-state index is 11.8. The Hall–Kier alpha value is -4.00. The Bertz CT molecular complexity index is 1200. The summed E-state index contributed by atoms with van der Waals surface area (Å²) in [6, 6.07) is 20.9. The fourth-order valence-corrected chi connectivity index (χ4v) is 3.19. The highest BCUT2D eigenvalue weighted by atomic mass is 16.6. The first-order chi connectivity index (χ1) is 14.5. The fourth-order valence-electron chi connectivity index (χ4n) is 3.19. The summed E-state index contributed by atoms with van der Waals surface area (Å²) in [5, 5.41) is 16.9. The number of nitrogens with zero attached hydrogens (tertiary/aromatic N) is 3. The zero-order chi connectivity index (χ0) is 21.1. The number of rotatable bonds is 6. The smallest absolute Gasteiger partial charge is 0.373 e. The molecule has 4 aromatic rings. The van der Waals surface area contributed by atoms with Gasteiger partial charge in [-0.25, -0.2) is 4.98 Å². The largest absolute Gasteiger partial charge is 0.434 e. The molecule has 0 aliphatic carbocycles. The molecule has 0 aliphatic heterocycles. The normalized spacial score (nSPS) is 10.9. The van der Waals surface area contributed by atoms with Crippen LogP contribution in [0.15, 0.2) is 73.1 Å². The third kappa shape index (κ3) is 3.91. The Morgan fingerprint density at radius 3 is 2.43 bits per heavy atom. The molecule has 0 atom stereocenters. The van der Waals surface area contributed by atoms with Gasteiger partial charge in [0, 0.05) is 11.1 Å². The van der Waals surface area contributed by atoms with E-state index in [9.17, 15) is 10.1 Å². The van der Waals surface area contributed by atoms with Gasteiger partial charge in [0.25, 0.3) is 0 Å². The van der Waals surface area contributed by atoms with Crippen molar-refractivity contribution in [2.45, 2.75) is 19.8 Å². The number of nitrogens with one attached hydrogen (secondary N) is 1. The monoisotopic (exact) mass is 400 g/mol. The molecule has 1 heterocycles. The van der Waals surface area contributed by atoms with Crippen molar-refractivity contribution in [3.63, 3.8) is 0 Å². The van der Waals surface area contributed by atoms with E-state index in [1.807, 2.05) is 54.6 Å². The molecular formula is C23H20N4O3. The number of benzene rings is 3. The molecule has 0 bridgehead atoms. The Morgan fingerprint density at radius 2 is 1.70 bits per heavy atom. The first kappa shape index (κ1) is 19.3. The maximum atomic E-state index is 11.8. The van der Waals surface area contributed by atoms with Gasteiger partial charge in [-0.1, -0.05) is 62.4 Å². The quantitative estimate of drug-likeness (QED) is 0.306. The van der Waals surface area contributed by atoms with Crippen LogP contribution in [-0.2, 0) is 0 Å². The number of anilines is 2. The summed E-state index contributed by atoms with van der Waals surface area (Å²) in [5.74, 6) is 0.802. The Kier molecular flexibility index (Phi) is 5.26. The van der Waals surface area contributed by atoms with E-state index in [0.29, 0.717) is 17.4 Å². The van der Waals surface area contributed by atoms with Crippen molar-refractivity contribution in [1.82, 2.24) is 9.97 Å². The molecule has 1 N–H and O–H groups in total. The molecule has 30 heavy (non-hydrogen) atoms. The average molecular weight is 400 g/mol. The van der Waals surface area contributed by atoms with Crippen LogP contribution >= 0.6 is 0 Å². The molecule has 0 radical (unpaired) electrons. The van der Waals surface area contributed by atoms with Gasteiger partial charge < -0.3 is 10.1 Å². The van der Waals surface area contributed by atoms with Gasteiger partial charge in [-0.2, -0.15) is 4.98 Å². The summed E-state index contributed by atoms with van der Waals surface area (Å²) in [5.41, 5.74) is 1.54. The van der Waals surface area contributed by atoms with Crippen LogP contribution in [0.5, 0.6) is 11.6 Å². The predicted molar refractivity (Wildman–Crippen MR) is 117 cm³/mol. The highest BCUT2D eigenvalue weighted by Gasteiger charge is 2.25. The van der Waals surface area contributed by atoms with Crippen molar-refractivity contribution >= 4 is 28.0 Å². The summed E-state index contributed by atoms with van der Waals surface area (Å²) < 4.78 is 5.74. The summed E-state index contributed by atoms with van der Waals surface area (Å²) in [7, 11) is 0. The molecule has 150 valence electrons.